The topological polar surface area (TPSA) is 69.7 Å². The zero-order chi connectivity index (χ0) is 17.9. The smallest absolute Gasteiger partial charge is 0.305 e. The van der Waals surface area contributed by atoms with Crippen molar-refractivity contribution in [2.75, 3.05) is 20.3 Å². The third-order valence-corrected chi connectivity index (χ3v) is 3.77. The van der Waals surface area contributed by atoms with Crippen molar-refractivity contribution in [2.45, 2.75) is 32.6 Å². The van der Waals surface area contributed by atoms with Gasteiger partial charge in [-0.2, -0.15) is 0 Å². The van der Waals surface area contributed by atoms with Gasteiger partial charge in [-0.25, -0.2) is 0 Å². The minimum absolute atomic E-state index is 0.116. The summed E-state index contributed by atoms with van der Waals surface area (Å²) in [6, 6.07) is 6.54. The van der Waals surface area contributed by atoms with Gasteiger partial charge in [-0.3, -0.25) is 14.4 Å². The highest BCUT2D eigenvalue weighted by molar-refractivity contribution is 6.31. The Morgan fingerprint density at radius 2 is 1.96 bits per heavy atom. The molecule has 1 unspecified atom stereocenters. The Balaban J connectivity index is 2.69. The van der Waals surface area contributed by atoms with Crippen molar-refractivity contribution in [2.24, 2.45) is 5.92 Å². The normalized spacial score (nSPS) is 11.8. The van der Waals surface area contributed by atoms with Crippen molar-refractivity contribution in [3.8, 4) is 0 Å². The number of carbonyl (C=O) groups excluding carboxylic acids is 3. The number of carbonyl (C=O) groups is 3. The number of ether oxygens (including phenoxy) is 2. The molecular formula is C18H23ClO5. The van der Waals surface area contributed by atoms with E-state index < -0.39 is 5.92 Å². The molecule has 132 valence electrons. The molecule has 1 rings (SSSR count). The molecule has 0 heterocycles. The summed E-state index contributed by atoms with van der Waals surface area (Å²) in [6.07, 6.45) is 1.79. The van der Waals surface area contributed by atoms with E-state index in [1.165, 1.54) is 7.11 Å². The summed E-state index contributed by atoms with van der Waals surface area (Å²) in [4.78, 5) is 36.1. The number of Topliss-reactive ketones (excluding diaryl/α,β-unsaturated/α-hetero) is 2. The average molecular weight is 355 g/mol. The van der Waals surface area contributed by atoms with Crippen LogP contribution in [0.1, 0.15) is 43.0 Å². The molecule has 0 amide bonds. The minimum atomic E-state index is -0.786. The molecule has 0 aromatic heterocycles. The van der Waals surface area contributed by atoms with Crippen molar-refractivity contribution in [3.63, 3.8) is 0 Å². The second kappa shape index (κ2) is 10.9. The second-order valence-corrected chi connectivity index (χ2v) is 5.81. The molecule has 0 aliphatic rings. The van der Waals surface area contributed by atoms with E-state index in [4.69, 9.17) is 21.1 Å². The molecule has 1 aromatic carbocycles. The van der Waals surface area contributed by atoms with E-state index in [9.17, 15) is 14.4 Å². The lowest BCUT2D eigenvalue weighted by molar-refractivity contribution is -0.143. The summed E-state index contributed by atoms with van der Waals surface area (Å²) < 4.78 is 9.73. The summed E-state index contributed by atoms with van der Waals surface area (Å²) in [5, 5.41) is 0.445. The number of ketones is 2. The van der Waals surface area contributed by atoms with Gasteiger partial charge in [-0.1, -0.05) is 30.2 Å². The number of halogens is 1. The van der Waals surface area contributed by atoms with E-state index in [1.807, 2.05) is 0 Å². The highest BCUT2D eigenvalue weighted by atomic mass is 35.5. The van der Waals surface area contributed by atoms with Crippen LogP contribution in [0.5, 0.6) is 0 Å². The van der Waals surface area contributed by atoms with Gasteiger partial charge in [0.25, 0.3) is 0 Å². The molecule has 5 nitrogen and oxygen atoms in total. The van der Waals surface area contributed by atoms with Gasteiger partial charge < -0.3 is 9.47 Å². The fraction of sp³-hybridized carbons (Fsp3) is 0.500. The van der Waals surface area contributed by atoms with Crippen LogP contribution in [0.3, 0.4) is 0 Å². The van der Waals surface area contributed by atoms with E-state index in [0.717, 1.165) is 0 Å². The average Bonchev–Trinajstić information content (AvgIpc) is 2.54. The predicted octanol–water partition coefficient (Wildman–Crippen LogP) is 3.48. The summed E-state index contributed by atoms with van der Waals surface area (Å²) >= 11 is 5.91. The monoisotopic (exact) mass is 354 g/mol. The van der Waals surface area contributed by atoms with Crippen LogP contribution in [0.15, 0.2) is 24.3 Å². The maximum absolute atomic E-state index is 12.6. The number of rotatable bonds is 11. The van der Waals surface area contributed by atoms with Gasteiger partial charge in [0.1, 0.15) is 6.61 Å². The highest BCUT2D eigenvalue weighted by Gasteiger charge is 2.27. The maximum Gasteiger partial charge on any atom is 0.305 e. The summed E-state index contributed by atoms with van der Waals surface area (Å²) in [7, 11) is 1.42. The Kier molecular flexibility index (Phi) is 9.27. The van der Waals surface area contributed by atoms with E-state index in [-0.39, 0.29) is 30.6 Å². The van der Waals surface area contributed by atoms with Gasteiger partial charge in [0, 0.05) is 24.1 Å². The van der Waals surface area contributed by atoms with Crippen molar-refractivity contribution >= 4 is 29.1 Å². The molecule has 0 saturated carbocycles. The largest absolute Gasteiger partial charge is 0.466 e. The lowest BCUT2D eigenvalue weighted by atomic mass is 9.89. The number of hydrogen-bond acceptors (Lipinski definition) is 5. The second-order valence-electron chi connectivity index (χ2n) is 5.38. The fourth-order valence-electron chi connectivity index (χ4n) is 2.38. The van der Waals surface area contributed by atoms with Gasteiger partial charge in [-0.15, -0.1) is 0 Å². The SMILES string of the molecule is CCOC(=O)CCCCC(C(=O)COC)C(=O)c1cccc(Cl)c1. The van der Waals surface area contributed by atoms with Crippen LogP contribution in [0.2, 0.25) is 5.02 Å². The molecule has 1 atom stereocenters. The van der Waals surface area contributed by atoms with Crippen molar-refractivity contribution in [3.05, 3.63) is 34.9 Å². The Morgan fingerprint density at radius 3 is 2.58 bits per heavy atom. The zero-order valence-corrected chi connectivity index (χ0v) is 14.8. The number of benzene rings is 1. The number of unbranched alkanes of at least 4 members (excludes halogenated alkanes) is 1. The van der Waals surface area contributed by atoms with Crippen molar-refractivity contribution < 1.29 is 23.9 Å². The molecule has 0 spiro atoms. The third kappa shape index (κ3) is 6.81. The Hall–Kier alpha value is -1.72. The van der Waals surface area contributed by atoms with E-state index in [1.54, 1.807) is 31.2 Å². The molecular weight excluding hydrogens is 332 g/mol. The molecule has 6 heteroatoms. The summed E-state index contributed by atoms with van der Waals surface area (Å²) in [6.45, 7) is 1.98. The quantitative estimate of drug-likeness (QED) is 0.263. The van der Waals surface area contributed by atoms with Crippen LogP contribution in [0, 0.1) is 5.92 Å². The number of esters is 1. The van der Waals surface area contributed by atoms with Gasteiger partial charge >= 0.3 is 5.97 Å². The van der Waals surface area contributed by atoms with Gasteiger partial charge in [0.05, 0.1) is 12.5 Å². The van der Waals surface area contributed by atoms with Gasteiger partial charge in [-0.05, 0) is 31.9 Å². The molecule has 0 aliphatic carbocycles. The molecule has 0 aliphatic heterocycles. The van der Waals surface area contributed by atoms with E-state index in [0.29, 0.717) is 36.5 Å². The number of hydrogen-bond donors (Lipinski definition) is 0. The molecule has 0 N–H and O–H groups in total. The molecule has 1 aromatic rings. The first-order chi connectivity index (χ1) is 11.5. The third-order valence-electron chi connectivity index (χ3n) is 3.53. The molecule has 0 radical (unpaired) electrons. The number of methoxy groups -OCH3 is 1. The molecule has 0 bridgehead atoms. The van der Waals surface area contributed by atoms with Crippen LogP contribution < -0.4 is 0 Å². The lowest BCUT2D eigenvalue weighted by Crippen LogP contribution is -2.27. The van der Waals surface area contributed by atoms with Crippen LogP contribution in [0.25, 0.3) is 0 Å². The molecule has 24 heavy (non-hydrogen) atoms. The maximum atomic E-state index is 12.6. The highest BCUT2D eigenvalue weighted by Crippen LogP contribution is 2.20. The van der Waals surface area contributed by atoms with Gasteiger partial charge in [0.15, 0.2) is 11.6 Å². The fourth-order valence-corrected chi connectivity index (χ4v) is 2.57. The summed E-state index contributed by atoms with van der Waals surface area (Å²) in [5.41, 5.74) is 0.405. The van der Waals surface area contributed by atoms with Gasteiger partial charge in [0.2, 0.25) is 0 Å². The predicted molar refractivity (Wildman–Crippen MR) is 91.3 cm³/mol. The zero-order valence-electron chi connectivity index (χ0n) is 14.0. The van der Waals surface area contributed by atoms with Crippen LogP contribution in [-0.4, -0.2) is 37.9 Å². The van der Waals surface area contributed by atoms with Crippen LogP contribution in [0.4, 0.5) is 0 Å². The van der Waals surface area contributed by atoms with E-state index in [2.05, 4.69) is 0 Å². The minimum Gasteiger partial charge on any atom is -0.466 e. The first-order valence-corrected chi connectivity index (χ1v) is 8.34. The van der Waals surface area contributed by atoms with E-state index >= 15 is 0 Å². The first kappa shape index (κ1) is 20.3. The van der Waals surface area contributed by atoms with Crippen molar-refractivity contribution in [1.82, 2.24) is 0 Å². The Labute approximate surface area is 147 Å². The molecule has 0 fully saturated rings. The Bertz CT molecular complexity index is 570. The summed E-state index contributed by atoms with van der Waals surface area (Å²) in [5.74, 6) is -1.58. The first-order valence-electron chi connectivity index (χ1n) is 7.96. The van der Waals surface area contributed by atoms with Crippen molar-refractivity contribution in [1.29, 1.82) is 0 Å². The lowest BCUT2D eigenvalue weighted by Gasteiger charge is -2.14. The van der Waals surface area contributed by atoms with Crippen LogP contribution in [-0.2, 0) is 19.1 Å². The van der Waals surface area contributed by atoms with Crippen LogP contribution >= 0.6 is 11.6 Å². The standard InChI is InChI=1S/C18H23ClO5/c1-3-24-17(21)10-5-4-9-15(16(20)12-23-2)18(22)13-7-6-8-14(19)11-13/h6-8,11,15H,3-5,9-10,12H2,1-2H3. The molecule has 0 saturated heterocycles. The Morgan fingerprint density at radius 1 is 1.21 bits per heavy atom.